The zero-order valence-electron chi connectivity index (χ0n) is 18.8. The van der Waals surface area contributed by atoms with Crippen LogP contribution in [0.1, 0.15) is 11.1 Å². The second kappa shape index (κ2) is 9.07. The minimum absolute atomic E-state index is 0.0157. The SMILES string of the molecule is Cc1cccc(-c2nnc(-c3cc4c(cc3F)S(=O)(=O)C[C@H](N)CN4Cc3ccc(Cl)cc3)o2)c1. The Morgan fingerprint density at radius 2 is 1.86 bits per heavy atom. The zero-order chi connectivity index (χ0) is 24.7. The molecule has 0 unspecified atom stereocenters. The van der Waals surface area contributed by atoms with Crippen LogP contribution in [0.25, 0.3) is 22.9 Å². The van der Waals surface area contributed by atoms with Gasteiger partial charge in [0.15, 0.2) is 9.84 Å². The number of hydrogen-bond acceptors (Lipinski definition) is 7. The van der Waals surface area contributed by atoms with E-state index >= 15 is 4.39 Å². The minimum Gasteiger partial charge on any atom is -0.416 e. The number of sulfone groups is 1. The Morgan fingerprint density at radius 1 is 1.11 bits per heavy atom. The number of nitrogens with two attached hydrogens (primary N) is 1. The van der Waals surface area contributed by atoms with E-state index in [-0.39, 0.29) is 34.5 Å². The van der Waals surface area contributed by atoms with Gasteiger partial charge in [-0.15, -0.1) is 10.2 Å². The number of hydrogen-bond donors (Lipinski definition) is 1. The van der Waals surface area contributed by atoms with Gasteiger partial charge >= 0.3 is 0 Å². The van der Waals surface area contributed by atoms with E-state index in [4.69, 9.17) is 21.8 Å². The maximum atomic E-state index is 15.3. The van der Waals surface area contributed by atoms with Crippen LogP contribution in [0.4, 0.5) is 10.1 Å². The molecule has 180 valence electrons. The first-order valence-electron chi connectivity index (χ1n) is 10.9. The lowest BCUT2D eigenvalue weighted by Gasteiger charge is -2.26. The van der Waals surface area contributed by atoms with E-state index in [0.717, 1.165) is 17.2 Å². The monoisotopic (exact) mass is 512 g/mol. The number of anilines is 1. The van der Waals surface area contributed by atoms with Gasteiger partial charge < -0.3 is 15.1 Å². The molecule has 4 aromatic rings. The maximum Gasteiger partial charge on any atom is 0.251 e. The highest BCUT2D eigenvalue weighted by molar-refractivity contribution is 7.91. The topological polar surface area (TPSA) is 102 Å². The first kappa shape index (κ1) is 23.5. The molecule has 10 heteroatoms. The molecule has 7 nitrogen and oxygen atoms in total. The standard InChI is InChI=1S/C25H22ClFN4O3S/c1-15-3-2-4-17(9-15)24-29-30-25(34-24)20-10-22-23(11-21(20)27)35(32,33)14-19(28)13-31(22)12-16-5-7-18(26)8-6-16/h2-11,19H,12-14,28H2,1H3/t19-/m1/s1. The van der Waals surface area contributed by atoms with Crippen LogP contribution >= 0.6 is 11.6 Å². The van der Waals surface area contributed by atoms with Crippen LogP contribution in [0.5, 0.6) is 0 Å². The van der Waals surface area contributed by atoms with E-state index in [1.807, 2.05) is 48.2 Å². The quantitative estimate of drug-likeness (QED) is 0.425. The number of halogens is 2. The molecule has 2 N–H and O–H groups in total. The summed E-state index contributed by atoms with van der Waals surface area (Å²) in [6, 6.07) is 16.5. The fourth-order valence-electron chi connectivity index (χ4n) is 4.20. The molecule has 1 atom stereocenters. The highest BCUT2D eigenvalue weighted by atomic mass is 35.5. The van der Waals surface area contributed by atoms with Gasteiger partial charge in [-0.3, -0.25) is 0 Å². The molecule has 3 aromatic carbocycles. The Morgan fingerprint density at radius 3 is 2.60 bits per heavy atom. The van der Waals surface area contributed by atoms with Gasteiger partial charge in [-0.25, -0.2) is 12.8 Å². The van der Waals surface area contributed by atoms with Gasteiger partial charge in [-0.05, 0) is 48.9 Å². The molecule has 0 saturated heterocycles. The summed E-state index contributed by atoms with van der Waals surface area (Å²) in [6.07, 6.45) is 0. The third-order valence-corrected chi connectivity index (χ3v) is 7.94. The molecule has 0 aliphatic carbocycles. The van der Waals surface area contributed by atoms with Gasteiger partial charge in [0.05, 0.1) is 21.9 Å². The average molecular weight is 513 g/mol. The molecular weight excluding hydrogens is 491 g/mol. The fraction of sp³-hybridized carbons (Fsp3) is 0.200. The molecule has 35 heavy (non-hydrogen) atoms. The first-order valence-corrected chi connectivity index (χ1v) is 12.9. The Balaban J connectivity index is 1.60. The molecule has 0 fully saturated rings. The summed E-state index contributed by atoms with van der Waals surface area (Å²) in [6.45, 7) is 2.56. The summed E-state index contributed by atoms with van der Waals surface area (Å²) in [5, 5.41) is 8.69. The number of aryl methyl sites for hydroxylation is 1. The van der Waals surface area contributed by atoms with Gasteiger partial charge in [-0.2, -0.15) is 0 Å². The van der Waals surface area contributed by atoms with Gasteiger partial charge in [0, 0.05) is 29.7 Å². The molecule has 0 amide bonds. The molecule has 0 radical (unpaired) electrons. The molecule has 0 bridgehead atoms. The summed E-state index contributed by atoms with van der Waals surface area (Å²) in [7, 11) is -3.82. The Hall–Kier alpha value is -3.27. The number of rotatable bonds is 4. The lowest BCUT2D eigenvalue weighted by atomic mass is 10.1. The van der Waals surface area contributed by atoms with Crippen molar-refractivity contribution in [1.82, 2.24) is 10.2 Å². The van der Waals surface area contributed by atoms with Crippen LogP contribution in [0.15, 0.2) is 70.0 Å². The van der Waals surface area contributed by atoms with Gasteiger partial charge in [0.2, 0.25) is 5.89 Å². The van der Waals surface area contributed by atoms with Crippen molar-refractivity contribution in [2.45, 2.75) is 24.4 Å². The molecule has 1 aliphatic rings. The van der Waals surface area contributed by atoms with E-state index in [1.165, 1.54) is 6.07 Å². The number of nitrogens with zero attached hydrogens (tertiary/aromatic N) is 3. The minimum atomic E-state index is -3.82. The average Bonchev–Trinajstić information content (AvgIpc) is 3.26. The molecule has 0 spiro atoms. The fourth-order valence-corrected chi connectivity index (χ4v) is 5.96. The first-order chi connectivity index (χ1) is 16.7. The van der Waals surface area contributed by atoms with Crippen molar-refractivity contribution in [3.63, 3.8) is 0 Å². The molecule has 1 aliphatic heterocycles. The van der Waals surface area contributed by atoms with Gasteiger partial charge in [0.25, 0.3) is 5.89 Å². The van der Waals surface area contributed by atoms with E-state index in [9.17, 15) is 8.42 Å². The van der Waals surface area contributed by atoms with Crippen molar-refractivity contribution in [2.24, 2.45) is 5.73 Å². The van der Waals surface area contributed by atoms with Crippen molar-refractivity contribution in [1.29, 1.82) is 0 Å². The largest absolute Gasteiger partial charge is 0.416 e. The Labute approximate surface area is 207 Å². The van der Waals surface area contributed by atoms with E-state index in [1.54, 1.807) is 12.1 Å². The van der Waals surface area contributed by atoms with Crippen LogP contribution in [-0.2, 0) is 16.4 Å². The smallest absolute Gasteiger partial charge is 0.251 e. The van der Waals surface area contributed by atoms with E-state index < -0.39 is 21.7 Å². The molecular formula is C25H22ClFN4O3S. The van der Waals surface area contributed by atoms with Crippen molar-refractivity contribution in [3.05, 3.63) is 82.6 Å². The highest BCUT2D eigenvalue weighted by Crippen LogP contribution is 2.37. The summed E-state index contributed by atoms with van der Waals surface area (Å²) in [5.41, 5.74) is 9.11. The molecule has 0 saturated carbocycles. The molecule has 2 heterocycles. The van der Waals surface area contributed by atoms with Gasteiger partial charge in [0.1, 0.15) is 5.82 Å². The predicted octanol–water partition coefficient (Wildman–Crippen LogP) is 4.63. The van der Waals surface area contributed by atoms with E-state index in [0.29, 0.717) is 22.8 Å². The van der Waals surface area contributed by atoms with Crippen molar-refractivity contribution in [3.8, 4) is 22.9 Å². The van der Waals surface area contributed by atoms with Crippen molar-refractivity contribution < 1.29 is 17.2 Å². The number of fused-ring (bicyclic) bond motifs is 1. The van der Waals surface area contributed by atoms with Crippen LogP contribution in [0.3, 0.4) is 0 Å². The summed E-state index contributed by atoms with van der Waals surface area (Å²) >= 11 is 6.01. The van der Waals surface area contributed by atoms with Crippen LogP contribution < -0.4 is 10.6 Å². The maximum absolute atomic E-state index is 15.3. The van der Waals surface area contributed by atoms with Crippen LogP contribution in [0, 0.1) is 12.7 Å². The Kier molecular flexibility index (Phi) is 6.08. The third-order valence-electron chi connectivity index (χ3n) is 5.82. The van der Waals surface area contributed by atoms with Crippen LogP contribution in [0.2, 0.25) is 5.02 Å². The van der Waals surface area contributed by atoms with Crippen LogP contribution in [-0.4, -0.2) is 37.0 Å². The number of aromatic nitrogens is 2. The second-order valence-corrected chi connectivity index (χ2v) is 11.1. The second-order valence-electron chi connectivity index (χ2n) is 8.63. The van der Waals surface area contributed by atoms with Crippen molar-refractivity contribution >= 4 is 27.1 Å². The van der Waals surface area contributed by atoms with Gasteiger partial charge in [-0.1, -0.05) is 41.4 Å². The summed E-state index contributed by atoms with van der Waals surface area (Å²) < 4.78 is 47.1. The summed E-state index contributed by atoms with van der Waals surface area (Å²) in [4.78, 5) is 1.72. The zero-order valence-corrected chi connectivity index (χ0v) is 20.4. The van der Waals surface area contributed by atoms with Crippen molar-refractivity contribution in [2.75, 3.05) is 17.2 Å². The highest BCUT2D eigenvalue weighted by Gasteiger charge is 2.32. The van der Waals surface area contributed by atoms with E-state index in [2.05, 4.69) is 10.2 Å². The normalized spacial score (nSPS) is 17.1. The third kappa shape index (κ3) is 4.80. The lowest BCUT2D eigenvalue weighted by molar-refractivity contribution is 0.567. The molecule has 5 rings (SSSR count). The summed E-state index contributed by atoms with van der Waals surface area (Å²) in [5.74, 6) is -0.855. The Bertz CT molecular complexity index is 1510. The molecule has 1 aromatic heterocycles. The number of benzene rings is 3. The predicted molar refractivity (Wildman–Crippen MR) is 132 cm³/mol. The lowest BCUT2D eigenvalue weighted by Crippen LogP contribution is -2.39.